The van der Waals surface area contributed by atoms with Gasteiger partial charge in [-0.25, -0.2) is 9.97 Å². The normalized spacial score (nSPS) is 12.2. The minimum atomic E-state index is 0.898. The molecular formula is C48H28N4. The standard InChI is InChI=1S/C48H28N4/c1-3-11-29(12-4-1)31-19-22-36-37-23-20-32(30-13-5-2-6-14-30)27-44(37)51(43(36)26-31)34-21-24-42-38(28-34)39-25-33-15-7-8-16-35(33)45-46-48(52(42)47(39)45)50-41-18-10-9-17-40(41)49-46/h1-28H. The number of hydrogen-bond donors (Lipinski definition) is 0. The maximum Gasteiger partial charge on any atom is 0.165 e. The summed E-state index contributed by atoms with van der Waals surface area (Å²) in [5.41, 5.74) is 14.3. The molecule has 0 spiro atoms. The Bertz CT molecular complexity index is 3290. The third kappa shape index (κ3) is 3.75. The fourth-order valence-electron chi connectivity index (χ4n) is 8.66. The molecule has 0 aliphatic rings. The molecule has 0 saturated carbocycles. The van der Waals surface area contributed by atoms with Crippen molar-refractivity contribution < 1.29 is 0 Å². The lowest BCUT2D eigenvalue weighted by atomic mass is 10.0. The van der Waals surface area contributed by atoms with E-state index in [1.165, 1.54) is 71.1 Å². The van der Waals surface area contributed by atoms with Gasteiger partial charge in [-0.2, -0.15) is 0 Å². The van der Waals surface area contributed by atoms with E-state index in [1.54, 1.807) is 0 Å². The first-order chi connectivity index (χ1) is 25.8. The number of nitrogens with zero attached hydrogens (tertiary/aromatic N) is 4. The summed E-state index contributed by atoms with van der Waals surface area (Å²) in [5.74, 6) is 0. The van der Waals surface area contributed by atoms with Gasteiger partial charge in [0, 0.05) is 32.6 Å². The molecule has 240 valence electrons. The van der Waals surface area contributed by atoms with Crippen LogP contribution < -0.4 is 0 Å². The van der Waals surface area contributed by atoms with Crippen LogP contribution in [0.1, 0.15) is 0 Å². The maximum absolute atomic E-state index is 5.25. The number of fused-ring (bicyclic) bond motifs is 12. The molecular weight excluding hydrogens is 633 g/mol. The molecule has 4 heterocycles. The molecule has 4 nitrogen and oxygen atoms in total. The zero-order valence-corrected chi connectivity index (χ0v) is 28.0. The lowest BCUT2D eigenvalue weighted by Gasteiger charge is -2.11. The lowest BCUT2D eigenvalue weighted by molar-refractivity contribution is 1.18. The molecule has 0 saturated heterocycles. The van der Waals surface area contributed by atoms with Gasteiger partial charge in [-0.15, -0.1) is 0 Å². The molecule has 0 unspecified atom stereocenters. The average molecular weight is 661 g/mol. The Morgan fingerprint density at radius 1 is 0.385 bits per heavy atom. The van der Waals surface area contributed by atoms with E-state index >= 15 is 0 Å². The monoisotopic (exact) mass is 660 g/mol. The molecule has 12 rings (SSSR count). The van der Waals surface area contributed by atoms with Gasteiger partial charge in [-0.1, -0.05) is 121 Å². The summed E-state index contributed by atoms with van der Waals surface area (Å²) in [5, 5.41) is 8.46. The highest BCUT2D eigenvalue weighted by Gasteiger charge is 2.23. The summed E-state index contributed by atoms with van der Waals surface area (Å²) < 4.78 is 4.80. The fourth-order valence-corrected chi connectivity index (χ4v) is 8.66. The van der Waals surface area contributed by atoms with Gasteiger partial charge < -0.3 is 4.57 Å². The Balaban J connectivity index is 1.20. The maximum atomic E-state index is 5.25. The number of aromatic nitrogens is 4. The SMILES string of the molecule is c1ccc(-c2ccc3c4ccc(-c5ccccc5)cc4n(-c4ccc5c(c4)c4cc6ccccc6c6c7nc8ccccc8nc7n5c46)c3c2)cc1. The highest BCUT2D eigenvalue weighted by atomic mass is 15.0. The van der Waals surface area contributed by atoms with Gasteiger partial charge in [-0.05, 0) is 81.6 Å². The van der Waals surface area contributed by atoms with Crippen molar-refractivity contribution >= 4 is 82.0 Å². The third-order valence-corrected chi connectivity index (χ3v) is 11.0. The van der Waals surface area contributed by atoms with Crippen LogP contribution in [0.2, 0.25) is 0 Å². The van der Waals surface area contributed by atoms with Crippen molar-refractivity contribution in [1.82, 2.24) is 18.9 Å². The predicted octanol–water partition coefficient (Wildman–Crippen LogP) is 12.4. The molecule has 0 bridgehead atoms. The summed E-state index contributed by atoms with van der Waals surface area (Å²) in [7, 11) is 0. The van der Waals surface area contributed by atoms with Gasteiger partial charge in [0.1, 0.15) is 5.52 Å². The van der Waals surface area contributed by atoms with E-state index in [1.807, 2.05) is 12.1 Å². The molecule has 0 amide bonds. The molecule has 52 heavy (non-hydrogen) atoms. The lowest BCUT2D eigenvalue weighted by Crippen LogP contribution is -1.95. The topological polar surface area (TPSA) is 35.1 Å². The summed E-state index contributed by atoms with van der Waals surface area (Å²) in [6.07, 6.45) is 0. The number of hydrogen-bond acceptors (Lipinski definition) is 2. The summed E-state index contributed by atoms with van der Waals surface area (Å²) in [4.78, 5) is 10.5. The van der Waals surface area contributed by atoms with E-state index in [9.17, 15) is 0 Å². The Morgan fingerprint density at radius 2 is 1.00 bits per heavy atom. The summed E-state index contributed by atoms with van der Waals surface area (Å²) >= 11 is 0. The number of para-hydroxylation sites is 2. The van der Waals surface area contributed by atoms with Crippen molar-refractivity contribution in [2.45, 2.75) is 0 Å². The summed E-state index contributed by atoms with van der Waals surface area (Å²) in [6.45, 7) is 0. The Labute approximate surface area is 297 Å². The first-order valence-corrected chi connectivity index (χ1v) is 17.8. The molecule has 4 heteroatoms. The number of rotatable bonds is 3. The van der Waals surface area contributed by atoms with Gasteiger partial charge in [0.2, 0.25) is 0 Å². The first-order valence-electron chi connectivity index (χ1n) is 17.8. The van der Waals surface area contributed by atoms with Crippen LogP contribution in [0, 0.1) is 0 Å². The van der Waals surface area contributed by atoms with Crippen molar-refractivity contribution in [3.05, 3.63) is 170 Å². The largest absolute Gasteiger partial charge is 0.309 e. The molecule has 12 aromatic rings. The molecule has 0 fully saturated rings. The van der Waals surface area contributed by atoms with Crippen LogP contribution >= 0.6 is 0 Å². The van der Waals surface area contributed by atoms with E-state index < -0.39 is 0 Å². The minimum Gasteiger partial charge on any atom is -0.309 e. The van der Waals surface area contributed by atoms with Gasteiger partial charge in [0.05, 0.1) is 33.1 Å². The Kier molecular flexibility index (Phi) is 5.47. The van der Waals surface area contributed by atoms with Crippen molar-refractivity contribution in [3.63, 3.8) is 0 Å². The van der Waals surface area contributed by atoms with Crippen LogP contribution in [0.4, 0.5) is 0 Å². The van der Waals surface area contributed by atoms with Gasteiger partial charge in [-0.3, -0.25) is 4.40 Å². The van der Waals surface area contributed by atoms with Crippen LogP contribution in [-0.2, 0) is 0 Å². The zero-order valence-electron chi connectivity index (χ0n) is 28.0. The van der Waals surface area contributed by atoms with Crippen molar-refractivity contribution in [3.8, 4) is 27.9 Å². The van der Waals surface area contributed by atoms with Crippen molar-refractivity contribution in [2.75, 3.05) is 0 Å². The van der Waals surface area contributed by atoms with Crippen LogP contribution in [0.25, 0.3) is 110 Å². The second kappa shape index (κ2) is 10.3. The van der Waals surface area contributed by atoms with Crippen LogP contribution in [-0.4, -0.2) is 18.9 Å². The predicted molar refractivity (Wildman–Crippen MR) is 217 cm³/mol. The quantitative estimate of drug-likeness (QED) is 0.189. The molecule has 8 aromatic carbocycles. The van der Waals surface area contributed by atoms with E-state index in [0.29, 0.717) is 0 Å². The molecule has 0 aliphatic heterocycles. The Morgan fingerprint density at radius 3 is 1.69 bits per heavy atom. The van der Waals surface area contributed by atoms with Crippen molar-refractivity contribution in [2.24, 2.45) is 0 Å². The molecule has 0 atom stereocenters. The van der Waals surface area contributed by atoms with Crippen LogP contribution in [0.5, 0.6) is 0 Å². The highest BCUT2D eigenvalue weighted by molar-refractivity contribution is 6.30. The van der Waals surface area contributed by atoms with Crippen molar-refractivity contribution in [1.29, 1.82) is 0 Å². The molecule has 0 aliphatic carbocycles. The van der Waals surface area contributed by atoms with E-state index in [0.717, 1.165) is 38.8 Å². The zero-order chi connectivity index (χ0) is 33.9. The Hall–Kier alpha value is -7.04. The van der Waals surface area contributed by atoms with Gasteiger partial charge in [0.15, 0.2) is 5.65 Å². The van der Waals surface area contributed by atoms with E-state index in [-0.39, 0.29) is 0 Å². The minimum absolute atomic E-state index is 0.898. The smallest absolute Gasteiger partial charge is 0.165 e. The number of benzene rings is 8. The molecule has 4 aromatic heterocycles. The molecule has 0 N–H and O–H groups in total. The average Bonchev–Trinajstić information content (AvgIpc) is 3.83. The third-order valence-electron chi connectivity index (χ3n) is 11.0. The van der Waals surface area contributed by atoms with Gasteiger partial charge in [0.25, 0.3) is 0 Å². The van der Waals surface area contributed by atoms with Gasteiger partial charge >= 0.3 is 0 Å². The van der Waals surface area contributed by atoms with Crippen LogP contribution in [0.15, 0.2) is 170 Å². The van der Waals surface area contributed by atoms with Crippen LogP contribution in [0.3, 0.4) is 0 Å². The van der Waals surface area contributed by atoms with E-state index in [4.69, 9.17) is 9.97 Å². The second-order valence-electron chi connectivity index (χ2n) is 13.8. The first kappa shape index (κ1) is 27.7. The molecule has 0 radical (unpaired) electrons. The summed E-state index contributed by atoms with van der Waals surface area (Å²) in [6, 6.07) is 61.3. The fraction of sp³-hybridized carbons (Fsp3) is 0. The highest BCUT2D eigenvalue weighted by Crippen LogP contribution is 2.44. The van der Waals surface area contributed by atoms with E-state index in [2.05, 4.69) is 167 Å². The second-order valence-corrected chi connectivity index (χ2v) is 13.8.